The number of benzene rings is 1. The Morgan fingerprint density at radius 3 is 2.71 bits per heavy atom. The van der Waals surface area contributed by atoms with E-state index in [0.717, 1.165) is 13.0 Å². The molecule has 0 spiro atoms. The highest BCUT2D eigenvalue weighted by atomic mass is 16.6. The maximum absolute atomic E-state index is 11.2. The molecular formula is C16H23N3O2. The predicted molar refractivity (Wildman–Crippen MR) is 83.5 cm³/mol. The van der Waals surface area contributed by atoms with E-state index >= 15 is 0 Å². The van der Waals surface area contributed by atoms with Crippen LogP contribution in [0.15, 0.2) is 24.3 Å². The van der Waals surface area contributed by atoms with Gasteiger partial charge in [-0.1, -0.05) is 25.0 Å². The fraction of sp³-hybridized carbons (Fsp3) is 0.625. The summed E-state index contributed by atoms with van der Waals surface area (Å²) in [4.78, 5) is 10.9. The summed E-state index contributed by atoms with van der Waals surface area (Å²) < 4.78 is 0. The molecule has 1 aliphatic heterocycles. The van der Waals surface area contributed by atoms with Crippen molar-refractivity contribution in [2.75, 3.05) is 11.9 Å². The molecule has 1 heterocycles. The molecule has 0 aromatic heterocycles. The van der Waals surface area contributed by atoms with Gasteiger partial charge in [0.15, 0.2) is 0 Å². The van der Waals surface area contributed by atoms with Crippen LogP contribution in [0.25, 0.3) is 0 Å². The molecule has 1 saturated carbocycles. The van der Waals surface area contributed by atoms with Crippen molar-refractivity contribution < 1.29 is 4.92 Å². The minimum Gasteiger partial charge on any atom is -0.376 e. The number of nitro groups is 1. The van der Waals surface area contributed by atoms with E-state index in [9.17, 15) is 10.1 Å². The molecule has 0 amide bonds. The van der Waals surface area contributed by atoms with Crippen molar-refractivity contribution in [2.24, 2.45) is 5.92 Å². The van der Waals surface area contributed by atoms with Crippen LogP contribution in [0.2, 0.25) is 0 Å². The van der Waals surface area contributed by atoms with Crippen LogP contribution in [0.3, 0.4) is 0 Å². The van der Waals surface area contributed by atoms with Crippen LogP contribution in [0.4, 0.5) is 11.4 Å². The van der Waals surface area contributed by atoms with Crippen LogP contribution < -0.4 is 10.6 Å². The quantitative estimate of drug-likeness (QED) is 0.659. The molecule has 1 aromatic rings. The third kappa shape index (κ3) is 3.18. The van der Waals surface area contributed by atoms with Gasteiger partial charge >= 0.3 is 0 Å². The van der Waals surface area contributed by atoms with Crippen LogP contribution in [0.1, 0.15) is 38.5 Å². The van der Waals surface area contributed by atoms with Gasteiger partial charge in [-0.15, -0.1) is 0 Å². The summed E-state index contributed by atoms with van der Waals surface area (Å²) in [6.07, 6.45) is 7.30. The van der Waals surface area contributed by atoms with Gasteiger partial charge in [-0.3, -0.25) is 10.1 Å². The lowest BCUT2D eigenvalue weighted by Crippen LogP contribution is -2.43. The van der Waals surface area contributed by atoms with Crippen molar-refractivity contribution in [2.45, 2.75) is 50.6 Å². The highest BCUT2D eigenvalue weighted by molar-refractivity contribution is 5.61. The largest absolute Gasteiger partial charge is 0.376 e. The monoisotopic (exact) mass is 289 g/mol. The zero-order valence-electron chi connectivity index (χ0n) is 12.3. The predicted octanol–water partition coefficient (Wildman–Crippen LogP) is 3.32. The van der Waals surface area contributed by atoms with Crippen LogP contribution in [0.5, 0.6) is 0 Å². The summed E-state index contributed by atoms with van der Waals surface area (Å²) in [5.74, 6) is 0.584. The number of hydrogen-bond donors (Lipinski definition) is 2. The molecule has 1 saturated heterocycles. The van der Waals surface area contributed by atoms with Crippen molar-refractivity contribution in [1.82, 2.24) is 5.32 Å². The van der Waals surface area contributed by atoms with E-state index in [2.05, 4.69) is 10.6 Å². The highest BCUT2D eigenvalue weighted by Crippen LogP contribution is 2.34. The maximum Gasteiger partial charge on any atom is 0.292 e. The van der Waals surface area contributed by atoms with Crippen molar-refractivity contribution in [3.05, 3.63) is 34.4 Å². The molecule has 0 radical (unpaired) electrons. The molecule has 5 heteroatoms. The summed E-state index contributed by atoms with van der Waals surface area (Å²) in [7, 11) is 0. The second kappa shape index (κ2) is 6.43. The van der Waals surface area contributed by atoms with Gasteiger partial charge in [0, 0.05) is 18.2 Å². The molecular weight excluding hydrogens is 266 g/mol. The number of rotatable bonds is 4. The molecule has 114 valence electrons. The van der Waals surface area contributed by atoms with E-state index in [4.69, 9.17) is 0 Å². The van der Waals surface area contributed by atoms with E-state index in [-0.39, 0.29) is 10.6 Å². The van der Waals surface area contributed by atoms with Crippen LogP contribution >= 0.6 is 0 Å². The third-order valence-electron chi connectivity index (χ3n) is 4.88. The molecule has 21 heavy (non-hydrogen) atoms. The van der Waals surface area contributed by atoms with Gasteiger partial charge in [0.25, 0.3) is 5.69 Å². The normalized spacial score (nSPS) is 29.2. The van der Waals surface area contributed by atoms with Gasteiger partial charge in [-0.25, -0.2) is 0 Å². The Hall–Kier alpha value is -1.62. The molecule has 3 rings (SSSR count). The standard InChI is InChI=1S/C16H23N3O2/c20-19(21)16-10-4-3-8-15(16)18-14-7-2-1-6-12(14)13-9-5-11-17-13/h3-4,8,10,12-14,17-18H,1-2,5-7,9,11H2. The van der Waals surface area contributed by atoms with Crippen molar-refractivity contribution >= 4 is 11.4 Å². The lowest BCUT2D eigenvalue weighted by Gasteiger charge is -2.36. The first-order valence-corrected chi connectivity index (χ1v) is 7.99. The van der Waals surface area contributed by atoms with Crippen LogP contribution in [-0.2, 0) is 0 Å². The number of para-hydroxylation sites is 2. The SMILES string of the molecule is O=[N+]([O-])c1ccccc1NC1CCCCC1C1CCCN1. The van der Waals surface area contributed by atoms with Gasteiger partial charge in [-0.05, 0) is 44.2 Å². The smallest absolute Gasteiger partial charge is 0.292 e. The Bertz CT molecular complexity index is 500. The average molecular weight is 289 g/mol. The first-order chi connectivity index (χ1) is 10.3. The summed E-state index contributed by atoms with van der Waals surface area (Å²) >= 11 is 0. The first-order valence-electron chi connectivity index (χ1n) is 7.99. The van der Waals surface area contributed by atoms with E-state index < -0.39 is 0 Å². The molecule has 1 aromatic carbocycles. The van der Waals surface area contributed by atoms with Gasteiger partial charge in [0.05, 0.1) is 4.92 Å². The molecule has 1 aliphatic carbocycles. The van der Waals surface area contributed by atoms with Crippen molar-refractivity contribution in [1.29, 1.82) is 0 Å². The van der Waals surface area contributed by atoms with Gasteiger partial charge in [0.2, 0.25) is 0 Å². The molecule has 5 nitrogen and oxygen atoms in total. The third-order valence-corrected chi connectivity index (χ3v) is 4.88. The number of nitrogens with zero attached hydrogens (tertiary/aromatic N) is 1. The molecule has 2 aliphatic rings. The summed E-state index contributed by atoms with van der Waals surface area (Å²) in [6, 6.07) is 7.90. The Balaban J connectivity index is 1.76. The lowest BCUT2D eigenvalue weighted by molar-refractivity contribution is -0.384. The molecule has 0 bridgehead atoms. The van der Waals surface area contributed by atoms with Gasteiger partial charge < -0.3 is 10.6 Å². The molecule has 3 atom stereocenters. The van der Waals surface area contributed by atoms with Crippen molar-refractivity contribution in [3.63, 3.8) is 0 Å². The number of anilines is 1. The van der Waals surface area contributed by atoms with Gasteiger partial charge in [0.1, 0.15) is 5.69 Å². The number of nitro benzene ring substituents is 1. The summed E-state index contributed by atoms with van der Waals surface area (Å²) in [6.45, 7) is 1.11. The van der Waals surface area contributed by atoms with Crippen LogP contribution in [-0.4, -0.2) is 23.6 Å². The summed E-state index contributed by atoms with van der Waals surface area (Å²) in [5.41, 5.74) is 0.846. The van der Waals surface area contributed by atoms with E-state index in [0.29, 0.717) is 23.7 Å². The summed E-state index contributed by atoms with van der Waals surface area (Å²) in [5, 5.41) is 18.2. The van der Waals surface area contributed by atoms with E-state index in [1.807, 2.05) is 12.1 Å². The fourth-order valence-corrected chi connectivity index (χ4v) is 3.85. The number of nitrogens with one attached hydrogen (secondary N) is 2. The fourth-order valence-electron chi connectivity index (χ4n) is 3.85. The zero-order chi connectivity index (χ0) is 14.7. The average Bonchev–Trinajstić information content (AvgIpc) is 3.02. The van der Waals surface area contributed by atoms with Crippen molar-refractivity contribution in [3.8, 4) is 0 Å². The Labute approximate surface area is 125 Å². The first kappa shape index (κ1) is 14.3. The van der Waals surface area contributed by atoms with E-state index in [1.54, 1.807) is 12.1 Å². The second-order valence-corrected chi connectivity index (χ2v) is 6.18. The second-order valence-electron chi connectivity index (χ2n) is 6.18. The Morgan fingerprint density at radius 1 is 1.14 bits per heavy atom. The zero-order valence-corrected chi connectivity index (χ0v) is 12.3. The molecule has 3 unspecified atom stereocenters. The van der Waals surface area contributed by atoms with Gasteiger partial charge in [-0.2, -0.15) is 0 Å². The molecule has 2 N–H and O–H groups in total. The highest BCUT2D eigenvalue weighted by Gasteiger charge is 2.34. The Kier molecular flexibility index (Phi) is 4.39. The Morgan fingerprint density at radius 2 is 1.95 bits per heavy atom. The van der Waals surface area contributed by atoms with E-state index in [1.165, 1.54) is 32.1 Å². The number of hydrogen-bond acceptors (Lipinski definition) is 4. The molecule has 2 fully saturated rings. The lowest BCUT2D eigenvalue weighted by atomic mass is 9.79. The maximum atomic E-state index is 11.2. The minimum absolute atomic E-state index is 0.182. The van der Waals surface area contributed by atoms with Crippen LogP contribution in [0, 0.1) is 16.0 Å². The topological polar surface area (TPSA) is 67.2 Å². The minimum atomic E-state index is -0.298.